The van der Waals surface area contributed by atoms with Gasteiger partial charge in [0, 0.05) is 31.7 Å². The standard InChI is InChI=1S/C22H28N4O.C2H6/c27-22(23-13-17-7-3-1-4-8-17)21-19-11-12-26(15-20(19)24-16-25-21)14-18-9-5-2-6-10-18;1-2/h2,5-6,9-10,16-17H,1,3-4,7-8,11-15H2,(H,23,27);1-2H3. The van der Waals surface area contributed by atoms with Gasteiger partial charge in [-0.25, -0.2) is 9.97 Å². The Bertz CT molecular complexity index is 772. The molecule has 29 heavy (non-hydrogen) atoms. The number of rotatable bonds is 5. The van der Waals surface area contributed by atoms with Crippen LogP contribution in [0.5, 0.6) is 0 Å². The summed E-state index contributed by atoms with van der Waals surface area (Å²) >= 11 is 0. The first-order chi connectivity index (χ1) is 14.3. The van der Waals surface area contributed by atoms with Gasteiger partial charge in [-0.2, -0.15) is 0 Å². The Morgan fingerprint density at radius 1 is 1.10 bits per heavy atom. The molecule has 1 aliphatic carbocycles. The number of benzene rings is 1. The molecular formula is C24H34N4O. The van der Waals surface area contributed by atoms with Crippen LogP contribution in [-0.2, 0) is 19.5 Å². The fourth-order valence-electron chi connectivity index (χ4n) is 4.29. The highest BCUT2D eigenvalue weighted by Gasteiger charge is 2.24. The highest BCUT2D eigenvalue weighted by Crippen LogP contribution is 2.24. The number of hydrogen-bond acceptors (Lipinski definition) is 4. The quantitative estimate of drug-likeness (QED) is 0.818. The molecule has 0 bridgehead atoms. The second-order valence-corrected chi connectivity index (χ2v) is 7.81. The first-order valence-corrected chi connectivity index (χ1v) is 11.2. The summed E-state index contributed by atoms with van der Waals surface area (Å²) in [5.74, 6) is 0.595. The summed E-state index contributed by atoms with van der Waals surface area (Å²) in [5, 5.41) is 3.13. The van der Waals surface area contributed by atoms with Crippen LogP contribution in [-0.4, -0.2) is 33.9 Å². The minimum atomic E-state index is -0.0317. The molecule has 1 aromatic carbocycles. The van der Waals surface area contributed by atoms with Crippen LogP contribution in [0.4, 0.5) is 0 Å². The minimum Gasteiger partial charge on any atom is -0.350 e. The maximum absolute atomic E-state index is 12.7. The largest absolute Gasteiger partial charge is 0.350 e. The Labute approximate surface area is 175 Å². The lowest BCUT2D eigenvalue weighted by Gasteiger charge is -2.28. The molecule has 156 valence electrons. The number of amides is 1. The van der Waals surface area contributed by atoms with Gasteiger partial charge in [0.25, 0.3) is 5.91 Å². The maximum atomic E-state index is 12.7. The Hall–Kier alpha value is -2.27. The number of aromatic nitrogens is 2. The van der Waals surface area contributed by atoms with Gasteiger partial charge >= 0.3 is 0 Å². The number of hydrogen-bond donors (Lipinski definition) is 1. The van der Waals surface area contributed by atoms with E-state index < -0.39 is 0 Å². The van der Waals surface area contributed by atoms with Crippen LogP contribution in [0.25, 0.3) is 0 Å². The molecule has 0 atom stereocenters. The third kappa shape index (κ3) is 5.86. The molecule has 5 nitrogen and oxygen atoms in total. The summed E-state index contributed by atoms with van der Waals surface area (Å²) in [5.41, 5.74) is 3.91. The van der Waals surface area contributed by atoms with Crippen molar-refractivity contribution in [3.63, 3.8) is 0 Å². The first-order valence-electron chi connectivity index (χ1n) is 11.2. The van der Waals surface area contributed by atoms with E-state index in [1.165, 1.54) is 37.7 Å². The van der Waals surface area contributed by atoms with E-state index in [0.717, 1.165) is 43.9 Å². The molecule has 1 aromatic heterocycles. The van der Waals surface area contributed by atoms with Crippen LogP contribution in [0, 0.1) is 5.92 Å². The average molecular weight is 395 g/mol. The Balaban J connectivity index is 0.00000117. The molecule has 0 spiro atoms. The Kier molecular flexibility index (Phi) is 8.17. The van der Waals surface area contributed by atoms with E-state index in [1.54, 1.807) is 6.33 Å². The van der Waals surface area contributed by atoms with Crippen LogP contribution in [0.1, 0.15) is 73.3 Å². The number of nitrogens with one attached hydrogen (secondary N) is 1. The summed E-state index contributed by atoms with van der Waals surface area (Å²) in [6.45, 7) is 7.39. The van der Waals surface area contributed by atoms with Crippen LogP contribution in [0.3, 0.4) is 0 Å². The Morgan fingerprint density at radius 2 is 1.86 bits per heavy atom. The van der Waals surface area contributed by atoms with E-state index in [0.29, 0.717) is 11.6 Å². The van der Waals surface area contributed by atoms with Crippen molar-refractivity contribution in [2.75, 3.05) is 13.1 Å². The van der Waals surface area contributed by atoms with E-state index in [-0.39, 0.29) is 5.91 Å². The number of nitrogens with zero attached hydrogens (tertiary/aromatic N) is 3. The molecule has 2 heterocycles. The summed E-state index contributed by atoms with van der Waals surface area (Å²) in [7, 11) is 0. The first kappa shape index (κ1) is 21.4. The van der Waals surface area contributed by atoms with Gasteiger partial charge in [0.15, 0.2) is 0 Å². The molecule has 1 aliphatic heterocycles. The minimum absolute atomic E-state index is 0.0317. The zero-order valence-corrected chi connectivity index (χ0v) is 17.9. The average Bonchev–Trinajstić information content (AvgIpc) is 2.79. The second-order valence-electron chi connectivity index (χ2n) is 7.81. The zero-order valence-electron chi connectivity index (χ0n) is 17.9. The summed E-state index contributed by atoms with van der Waals surface area (Å²) in [6.07, 6.45) is 8.76. The van der Waals surface area contributed by atoms with Gasteiger partial charge in [0.05, 0.1) is 5.69 Å². The van der Waals surface area contributed by atoms with E-state index in [9.17, 15) is 4.79 Å². The lowest BCUT2D eigenvalue weighted by Crippen LogP contribution is -2.35. The van der Waals surface area contributed by atoms with Gasteiger partial charge in [-0.05, 0) is 30.7 Å². The van der Waals surface area contributed by atoms with Crippen LogP contribution >= 0.6 is 0 Å². The van der Waals surface area contributed by atoms with E-state index in [2.05, 4.69) is 44.5 Å². The zero-order chi connectivity index (χ0) is 20.5. The predicted molar refractivity (Wildman–Crippen MR) is 117 cm³/mol. The van der Waals surface area contributed by atoms with Crippen LogP contribution in [0.2, 0.25) is 0 Å². The summed E-state index contributed by atoms with van der Waals surface area (Å²) in [6, 6.07) is 10.5. The maximum Gasteiger partial charge on any atom is 0.270 e. The molecule has 1 saturated carbocycles. The molecular weight excluding hydrogens is 360 g/mol. The van der Waals surface area contributed by atoms with Gasteiger partial charge < -0.3 is 5.32 Å². The van der Waals surface area contributed by atoms with Gasteiger partial charge in [-0.1, -0.05) is 63.4 Å². The van der Waals surface area contributed by atoms with Crippen molar-refractivity contribution in [2.24, 2.45) is 5.92 Å². The molecule has 0 saturated heterocycles. The normalized spacial score (nSPS) is 17.0. The number of carbonyl (C=O) groups excluding carboxylic acids is 1. The van der Waals surface area contributed by atoms with Crippen molar-refractivity contribution >= 4 is 5.91 Å². The monoisotopic (exact) mass is 394 g/mol. The third-order valence-corrected chi connectivity index (χ3v) is 5.83. The van der Waals surface area contributed by atoms with Crippen LogP contribution < -0.4 is 5.32 Å². The molecule has 2 aliphatic rings. The smallest absolute Gasteiger partial charge is 0.270 e. The van der Waals surface area contributed by atoms with Crippen molar-refractivity contribution < 1.29 is 4.79 Å². The molecule has 0 radical (unpaired) electrons. The summed E-state index contributed by atoms with van der Waals surface area (Å²) in [4.78, 5) is 23.9. The highest BCUT2D eigenvalue weighted by molar-refractivity contribution is 5.93. The molecule has 5 heteroatoms. The van der Waals surface area contributed by atoms with E-state index >= 15 is 0 Å². The van der Waals surface area contributed by atoms with Crippen molar-refractivity contribution in [2.45, 2.75) is 65.5 Å². The highest BCUT2D eigenvalue weighted by atomic mass is 16.1. The number of carbonyl (C=O) groups is 1. The van der Waals surface area contributed by atoms with E-state index in [1.807, 2.05) is 19.9 Å². The predicted octanol–water partition coefficient (Wildman–Crippen LogP) is 4.37. The van der Waals surface area contributed by atoms with E-state index in [4.69, 9.17) is 0 Å². The van der Waals surface area contributed by atoms with Gasteiger partial charge in [-0.15, -0.1) is 0 Å². The molecule has 4 rings (SSSR count). The Morgan fingerprint density at radius 3 is 2.62 bits per heavy atom. The van der Waals surface area contributed by atoms with Gasteiger partial charge in [0.2, 0.25) is 0 Å². The molecule has 1 fully saturated rings. The second kappa shape index (κ2) is 11.1. The SMILES string of the molecule is CC.O=C(NCC1CCCCC1)c1ncnc2c1CCN(Cc1ccccc1)C2. The fraction of sp³-hybridized carbons (Fsp3) is 0.542. The van der Waals surface area contributed by atoms with Crippen LogP contribution in [0.15, 0.2) is 36.7 Å². The molecule has 1 amide bonds. The van der Waals surface area contributed by atoms with Crippen molar-refractivity contribution in [3.8, 4) is 0 Å². The van der Waals surface area contributed by atoms with Crippen molar-refractivity contribution in [3.05, 3.63) is 59.2 Å². The van der Waals surface area contributed by atoms with Crippen molar-refractivity contribution in [1.82, 2.24) is 20.2 Å². The lowest BCUT2D eigenvalue weighted by molar-refractivity contribution is 0.0935. The third-order valence-electron chi connectivity index (χ3n) is 5.83. The fourth-order valence-corrected chi connectivity index (χ4v) is 4.29. The molecule has 1 N–H and O–H groups in total. The molecule has 0 unspecified atom stereocenters. The van der Waals surface area contributed by atoms with Crippen molar-refractivity contribution in [1.29, 1.82) is 0 Å². The summed E-state index contributed by atoms with van der Waals surface area (Å²) < 4.78 is 0. The number of fused-ring (bicyclic) bond motifs is 1. The van der Waals surface area contributed by atoms with Gasteiger partial charge in [-0.3, -0.25) is 9.69 Å². The molecule has 2 aromatic rings. The lowest BCUT2D eigenvalue weighted by atomic mass is 9.89. The van der Waals surface area contributed by atoms with Gasteiger partial charge in [0.1, 0.15) is 12.0 Å². The topological polar surface area (TPSA) is 58.1 Å².